The lowest BCUT2D eigenvalue weighted by Gasteiger charge is -2.21. The summed E-state index contributed by atoms with van der Waals surface area (Å²) in [7, 11) is 0. The molecule has 0 fully saturated rings. The summed E-state index contributed by atoms with van der Waals surface area (Å²) in [5.41, 5.74) is 0.104. The van der Waals surface area contributed by atoms with Gasteiger partial charge in [-0.1, -0.05) is 11.6 Å². The number of hydrogen-bond acceptors (Lipinski definition) is 3. The highest BCUT2D eigenvalue weighted by atomic mass is 35.5. The number of hydrogen-bond donors (Lipinski definition) is 2. The van der Waals surface area contributed by atoms with Crippen molar-refractivity contribution in [3.8, 4) is 0 Å². The van der Waals surface area contributed by atoms with E-state index in [9.17, 15) is 5.11 Å². The lowest BCUT2D eigenvalue weighted by atomic mass is 10.1. The van der Waals surface area contributed by atoms with Gasteiger partial charge in [-0.2, -0.15) is 0 Å². The summed E-state index contributed by atoms with van der Waals surface area (Å²) in [6, 6.07) is 3.71. The number of thiophene rings is 1. The Morgan fingerprint density at radius 1 is 1.47 bits per heavy atom. The van der Waals surface area contributed by atoms with Crippen molar-refractivity contribution in [3.63, 3.8) is 0 Å². The molecule has 0 aliphatic rings. The Bertz CT molecular complexity index is 306. The van der Waals surface area contributed by atoms with E-state index in [1.807, 2.05) is 12.1 Å². The van der Waals surface area contributed by atoms with E-state index in [-0.39, 0.29) is 5.54 Å². The zero-order valence-electron chi connectivity index (χ0n) is 9.38. The molecular formula is C11H18ClNOS. The standard InChI is InChI=1S/C11H18ClNOS/c1-11(2,3)13-7-6-8(14)9-4-5-10(12)15-9/h4-5,8,13-14H,6-7H2,1-3H3. The highest BCUT2D eigenvalue weighted by Gasteiger charge is 2.12. The Kier molecular flexibility index (Phi) is 4.59. The summed E-state index contributed by atoms with van der Waals surface area (Å²) in [5.74, 6) is 0. The van der Waals surface area contributed by atoms with Crippen LogP contribution in [0.1, 0.15) is 38.2 Å². The van der Waals surface area contributed by atoms with E-state index in [0.29, 0.717) is 6.42 Å². The molecule has 86 valence electrons. The number of halogens is 1. The van der Waals surface area contributed by atoms with E-state index in [0.717, 1.165) is 15.8 Å². The van der Waals surface area contributed by atoms with Crippen LogP contribution in [0.5, 0.6) is 0 Å². The first-order valence-corrected chi connectivity index (χ1v) is 6.26. The molecule has 0 radical (unpaired) electrons. The van der Waals surface area contributed by atoms with E-state index in [2.05, 4.69) is 26.1 Å². The Morgan fingerprint density at radius 3 is 2.60 bits per heavy atom. The van der Waals surface area contributed by atoms with Crippen molar-refractivity contribution in [1.82, 2.24) is 5.32 Å². The Labute approximate surface area is 100 Å². The smallest absolute Gasteiger partial charge is 0.0932 e. The van der Waals surface area contributed by atoms with Crippen LogP contribution in [0, 0.1) is 0 Å². The van der Waals surface area contributed by atoms with Crippen molar-refractivity contribution in [2.24, 2.45) is 0 Å². The molecule has 0 saturated carbocycles. The van der Waals surface area contributed by atoms with Gasteiger partial charge in [0, 0.05) is 10.4 Å². The third-order valence-electron chi connectivity index (χ3n) is 2.00. The van der Waals surface area contributed by atoms with Crippen LogP contribution in [0.2, 0.25) is 4.34 Å². The maximum atomic E-state index is 9.84. The van der Waals surface area contributed by atoms with E-state index < -0.39 is 6.10 Å². The molecule has 0 amide bonds. The molecule has 0 aromatic carbocycles. The maximum absolute atomic E-state index is 9.84. The maximum Gasteiger partial charge on any atom is 0.0932 e. The predicted octanol–water partition coefficient (Wildman–Crippen LogP) is 3.21. The molecule has 0 aliphatic heterocycles. The predicted molar refractivity (Wildman–Crippen MR) is 66.7 cm³/mol. The number of rotatable bonds is 4. The lowest BCUT2D eigenvalue weighted by molar-refractivity contribution is 0.167. The van der Waals surface area contributed by atoms with Crippen molar-refractivity contribution < 1.29 is 5.11 Å². The van der Waals surface area contributed by atoms with Gasteiger partial charge >= 0.3 is 0 Å². The fourth-order valence-electron chi connectivity index (χ4n) is 1.23. The third-order valence-corrected chi connectivity index (χ3v) is 3.33. The van der Waals surface area contributed by atoms with Gasteiger partial charge in [-0.3, -0.25) is 0 Å². The SMILES string of the molecule is CC(C)(C)NCCC(O)c1ccc(Cl)s1. The Hall–Kier alpha value is -0.0900. The normalized spacial score (nSPS) is 14.2. The van der Waals surface area contributed by atoms with Crippen molar-refractivity contribution in [2.75, 3.05) is 6.54 Å². The van der Waals surface area contributed by atoms with E-state index in [4.69, 9.17) is 11.6 Å². The third kappa shape index (κ3) is 4.98. The van der Waals surface area contributed by atoms with Crippen LogP contribution >= 0.6 is 22.9 Å². The van der Waals surface area contributed by atoms with Crippen LogP contribution in [0.4, 0.5) is 0 Å². The highest BCUT2D eigenvalue weighted by molar-refractivity contribution is 7.16. The fraction of sp³-hybridized carbons (Fsp3) is 0.636. The minimum atomic E-state index is -0.405. The number of nitrogens with one attached hydrogen (secondary N) is 1. The van der Waals surface area contributed by atoms with Crippen LogP contribution in [0.3, 0.4) is 0 Å². The molecule has 0 spiro atoms. The van der Waals surface area contributed by atoms with Gasteiger partial charge in [0.05, 0.1) is 10.4 Å². The van der Waals surface area contributed by atoms with Gasteiger partial charge in [0.1, 0.15) is 0 Å². The Balaban J connectivity index is 2.34. The van der Waals surface area contributed by atoms with Gasteiger partial charge in [0.25, 0.3) is 0 Å². The van der Waals surface area contributed by atoms with Crippen LogP contribution in [-0.4, -0.2) is 17.2 Å². The summed E-state index contributed by atoms with van der Waals surface area (Å²) in [4.78, 5) is 0.940. The Morgan fingerprint density at radius 2 is 2.13 bits per heavy atom. The molecule has 2 nitrogen and oxygen atoms in total. The summed E-state index contributed by atoms with van der Waals surface area (Å²) in [6.07, 6.45) is 0.311. The van der Waals surface area contributed by atoms with Crippen molar-refractivity contribution in [1.29, 1.82) is 0 Å². The van der Waals surface area contributed by atoms with Gasteiger partial charge in [-0.15, -0.1) is 11.3 Å². The first kappa shape index (κ1) is 13.0. The second-order valence-electron chi connectivity index (χ2n) is 4.62. The zero-order valence-corrected chi connectivity index (χ0v) is 11.0. The molecule has 1 aromatic heterocycles. The molecule has 1 unspecified atom stereocenters. The molecule has 1 aromatic rings. The van der Waals surface area contributed by atoms with Gasteiger partial charge in [-0.05, 0) is 45.9 Å². The average molecular weight is 248 g/mol. The van der Waals surface area contributed by atoms with Crippen LogP contribution in [-0.2, 0) is 0 Å². The minimum Gasteiger partial charge on any atom is -0.388 e. The summed E-state index contributed by atoms with van der Waals surface area (Å²) < 4.78 is 0.729. The largest absolute Gasteiger partial charge is 0.388 e. The van der Waals surface area contributed by atoms with Crippen LogP contribution < -0.4 is 5.32 Å². The monoisotopic (exact) mass is 247 g/mol. The topological polar surface area (TPSA) is 32.3 Å². The molecule has 0 saturated heterocycles. The van der Waals surface area contributed by atoms with Crippen LogP contribution in [0.25, 0.3) is 0 Å². The molecule has 1 rings (SSSR count). The molecule has 1 heterocycles. The van der Waals surface area contributed by atoms with E-state index >= 15 is 0 Å². The first-order valence-electron chi connectivity index (χ1n) is 5.07. The summed E-state index contributed by atoms with van der Waals surface area (Å²) in [6.45, 7) is 7.14. The second kappa shape index (κ2) is 5.30. The molecule has 2 N–H and O–H groups in total. The number of aliphatic hydroxyl groups is 1. The molecule has 15 heavy (non-hydrogen) atoms. The van der Waals surface area contributed by atoms with Gasteiger partial charge in [0.2, 0.25) is 0 Å². The fourth-order valence-corrected chi connectivity index (χ4v) is 2.31. The molecule has 0 bridgehead atoms. The van der Waals surface area contributed by atoms with Crippen LogP contribution in [0.15, 0.2) is 12.1 Å². The molecule has 1 atom stereocenters. The van der Waals surface area contributed by atoms with Crippen molar-refractivity contribution in [3.05, 3.63) is 21.3 Å². The van der Waals surface area contributed by atoms with Gasteiger partial charge < -0.3 is 10.4 Å². The highest BCUT2D eigenvalue weighted by Crippen LogP contribution is 2.28. The van der Waals surface area contributed by atoms with Crippen molar-refractivity contribution >= 4 is 22.9 Å². The summed E-state index contributed by atoms with van der Waals surface area (Å²) >= 11 is 7.24. The second-order valence-corrected chi connectivity index (χ2v) is 6.37. The van der Waals surface area contributed by atoms with Gasteiger partial charge in [0.15, 0.2) is 0 Å². The molecule has 0 aliphatic carbocycles. The zero-order chi connectivity index (χ0) is 11.5. The molecular weight excluding hydrogens is 230 g/mol. The first-order chi connectivity index (χ1) is 6.88. The lowest BCUT2D eigenvalue weighted by Crippen LogP contribution is -2.36. The van der Waals surface area contributed by atoms with Gasteiger partial charge in [-0.25, -0.2) is 0 Å². The number of aliphatic hydroxyl groups excluding tert-OH is 1. The van der Waals surface area contributed by atoms with E-state index in [1.54, 1.807) is 0 Å². The quantitative estimate of drug-likeness (QED) is 0.857. The van der Waals surface area contributed by atoms with E-state index in [1.165, 1.54) is 11.3 Å². The average Bonchev–Trinajstić information content (AvgIpc) is 2.49. The minimum absolute atomic E-state index is 0.104. The summed E-state index contributed by atoms with van der Waals surface area (Å²) in [5, 5.41) is 13.2. The van der Waals surface area contributed by atoms with Crippen molar-refractivity contribution in [2.45, 2.75) is 38.8 Å². The molecule has 4 heteroatoms.